The van der Waals surface area contributed by atoms with E-state index >= 15 is 0 Å². The first kappa shape index (κ1) is 18.8. The second-order valence-electron chi connectivity index (χ2n) is 5.77. The number of nitrogens with zero attached hydrogens (tertiary/aromatic N) is 3. The van der Waals surface area contributed by atoms with Crippen molar-refractivity contribution in [3.05, 3.63) is 86.9 Å². The second-order valence-corrected chi connectivity index (χ2v) is 7.02. The predicted molar refractivity (Wildman–Crippen MR) is 106 cm³/mol. The SMILES string of the molecule is Cc1ccc(/C(Cn2ccnc2)=N\OCc2ccc(Cl)cc2Cl)c(Cl)c1. The Hall–Kier alpha value is -2.01. The number of aromatic nitrogens is 2. The Morgan fingerprint density at radius 3 is 2.65 bits per heavy atom. The summed E-state index contributed by atoms with van der Waals surface area (Å²) in [6, 6.07) is 11.1. The largest absolute Gasteiger partial charge is 0.391 e. The molecule has 1 aromatic heterocycles. The number of halogens is 3. The molecule has 0 aliphatic heterocycles. The summed E-state index contributed by atoms with van der Waals surface area (Å²) < 4.78 is 1.90. The van der Waals surface area contributed by atoms with Gasteiger partial charge in [-0.3, -0.25) is 0 Å². The van der Waals surface area contributed by atoms with Gasteiger partial charge >= 0.3 is 0 Å². The van der Waals surface area contributed by atoms with Gasteiger partial charge in [-0.2, -0.15) is 0 Å². The minimum Gasteiger partial charge on any atom is -0.391 e. The zero-order valence-corrected chi connectivity index (χ0v) is 16.3. The number of aryl methyl sites for hydroxylation is 1. The summed E-state index contributed by atoms with van der Waals surface area (Å²) in [5.74, 6) is 0. The van der Waals surface area contributed by atoms with Crippen LogP contribution in [0.5, 0.6) is 0 Å². The zero-order chi connectivity index (χ0) is 18.5. The second kappa shape index (κ2) is 8.58. The highest BCUT2D eigenvalue weighted by molar-refractivity contribution is 6.35. The van der Waals surface area contributed by atoms with Crippen LogP contribution in [0.15, 0.2) is 60.3 Å². The quantitative estimate of drug-likeness (QED) is 0.383. The molecule has 26 heavy (non-hydrogen) atoms. The third kappa shape index (κ3) is 4.79. The first-order valence-electron chi connectivity index (χ1n) is 7.88. The van der Waals surface area contributed by atoms with Gasteiger partial charge in [0, 0.05) is 33.6 Å². The molecular formula is C19H16Cl3N3O. The molecule has 0 atom stereocenters. The van der Waals surface area contributed by atoms with Crippen LogP contribution in [-0.2, 0) is 18.0 Å². The lowest BCUT2D eigenvalue weighted by atomic mass is 10.1. The van der Waals surface area contributed by atoms with Crippen molar-refractivity contribution < 1.29 is 4.84 Å². The average molecular weight is 409 g/mol. The summed E-state index contributed by atoms with van der Waals surface area (Å²) in [6.45, 7) is 2.70. The minimum atomic E-state index is 0.229. The number of hydrogen-bond acceptors (Lipinski definition) is 3. The number of imidazole rings is 1. The normalized spacial score (nSPS) is 11.6. The topological polar surface area (TPSA) is 39.4 Å². The molecule has 7 heteroatoms. The summed E-state index contributed by atoms with van der Waals surface area (Å²) in [5, 5.41) is 6.05. The summed E-state index contributed by atoms with van der Waals surface area (Å²) >= 11 is 18.5. The monoisotopic (exact) mass is 407 g/mol. The van der Waals surface area contributed by atoms with E-state index in [-0.39, 0.29) is 6.61 Å². The first-order valence-corrected chi connectivity index (χ1v) is 9.01. The van der Waals surface area contributed by atoms with Gasteiger partial charge in [0.05, 0.1) is 17.9 Å². The zero-order valence-electron chi connectivity index (χ0n) is 14.0. The Morgan fingerprint density at radius 1 is 1.12 bits per heavy atom. The van der Waals surface area contributed by atoms with Gasteiger partial charge in [-0.25, -0.2) is 4.98 Å². The van der Waals surface area contributed by atoms with Crippen LogP contribution in [0, 0.1) is 6.92 Å². The molecule has 134 valence electrons. The van der Waals surface area contributed by atoms with Crippen molar-refractivity contribution in [1.29, 1.82) is 0 Å². The van der Waals surface area contributed by atoms with Crippen LogP contribution in [0.2, 0.25) is 15.1 Å². The van der Waals surface area contributed by atoms with Crippen LogP contribution in [0.1, 0.15) is 16.7 Å². The van der Waals surface area contributed by atoms with E-state index in [4.69, 9.17) is 39.6 Å². The van der Waals surface area contributed by atoms with Crippen molar-refractivity contribution in [3.8, 4) is 0 Å². The smallest absolute Gasteiger partial charge is 0.143 e. The molecule has 1 heterocycles. The molecule has 0 radical (unpaired) electrons. The minimum absolute atomic E-state index is 0.229. The van der Waals surface area contributed by atoms with Gasteiger partial charge in [-0.15, -0.1) is 0 Å². The standard InChI is InChI=1S/C19H16Cl3N3O/c1-13-2-5-16(18(22)8-13)19(10-25-7-6-23-12-25)24-26-11-14-3-4-15(20)9-17(14)21/h2-9,12H,10-11H2,1H3/b24-19-. The highest BCUT2D eigenvalue weighted by Crippen LogP contribution is 2.23. The van der Waals surface area contributed by atoms with E-state index in [1.807, 2.05) is 42.0 Å². The summed E-state index contributed by atoms with van der Waals surface area (Å²) in [7, 11) is 0. The fraction of sp³-hybridized carbons (Fsp3) is 0.158. The molecule has 0 bridgehead atoms. The fourth-order valence-electron chi connectivity index (χ4n) is 2.39. The number of benzene rings is 2. The van der Waals surface area contributed by atoms with Crippen molar-refractivity contribution in [2.75, 3.05) is 0 Å². The van der Waals surface area contributed by atoms with Crippen LogP contribution < -0.4 is 0 Å². The lowest BCUT2D eigenvalue weighted by molar-refractivity contribution is 0.130. The Morgan fingerprint density at radius 2 is 1.96 bits per heavy atom. The predicted octanol–water partition coefficient (Wildman–Crippen LogP) is 5.77. The van der Waals surface area contributed by atoms with Crippen LogP contribution >= 0.6 is 34.8 Å². The van der Waals surface area contributed by atoms with Crippen LogP contribution in [0.3, 0.4) is 0 Å². The van der Waals surface area contributed by atoms with Crippen molar-refractivity contribution in [3.63, 3.8) is 0 Å². The Labute approximate surface area is 167 Å². The van der Waals surface area contributed by atoms with E-state index in [0.29, 0.717) is 27.3 Å². The third-order valence-electron chi connectivity index (χ3n) is 3.74. The summed E-state index contributed by atoms with van der Waals surface area (Å²) in [5.41, 5.74) is 3.39. The van der Waals surface area contributed by atoms with Crippen molar-refractivity contribution in [1.82, 2.24) is 9.55 Å². The van der Waals surface area contributed by atoms with Gasteiger partial charge in [0.1, 0.15) is 12.3 Å². The molecule has 0 saturated heterocycles. The first-order chi connectivity index (χ1) is 12.5. The van der Waals surface area contributed by atoms with E-state index in [1.54, 1.807) is 24.7 Å². The van der Waals surface area contributed by atoms with E-state index < -0.39 is 0 Å². The molecule has 4 nitrogen and oxygen atoms in total. The van der Waals surface area contributed by atoms with Gasteiger partial charge in [0.2, 0.25) is 0 Å². The molecule has 0 spiro atoms. The van der Waals surface area contributed by atoms with Crippen molar-refractivity contribution in [2.45, 2.75) is 20.1 Å². The molecule has 2 aromatic carbocycles. The molecule has 0 aliphatic carbocycles. The van der Waals surface area contributed by atoms with Crippen LogP contribution in [0.4, 0.5) is 0 Å². The Kier molecular flexibility index (Phi) is 6.20. The van der Waals surface area contributed by atoms with Crippen molar-refractivity contribution >= 4 is 40.5 Å². The molecule has 0 amide bonds. The lowest BCUT2D eigenvalue weighted by Crippen LogP contribution is -2.12. The maximum Gasteiger partial charge on any atom is 0.143 e. The molecule has 0 unspecified atom stereocenters. The average Bonchev–Trinajstić information content (AvgIpc) is 3.09. The van der Waals surface area contributed by atoms with E-state index in [1.165, 1.54) is 0 Å². The van der Waals surface area contributed by atoms with Gasteiger partial charge in [0.15, 0.2) is 0 Å². The molecular weight excluding hydrogens is 393 g/mol. The molecule has 3 aromatic rings. The molecule has 0 fully saturated rings. The third-order valence-corrected chi connectivity index (χ3v) is 4.64. The molecule has 0 aliphatic rings. The lowest BCUT2D eigenvalue weighted by Gasteiger charge is -2.11. The van der Waals surface area contributed by atoms with Crippen LogP contribution in [0.25, 0.3) is 0 Å². The van der Waals surface area contributed by atoms with Gasteiger partial charge in [0.25, 0.3) is 0 Å². The van der Waals surface area contributed by atoms with E-state index in [0.717, 1.165) is 16.7 Å². The highest BCUT2D eigenvalue weighted by atomic mass is 35.5. The van der Waals surface area contributed by atoms with Gasteiger partial charge in [-0.05, 0) is 30.7 Å². The Balaban J connectivity index is 1.83. The summed E-state index contributed by atoms with van der Waals surface area (Å²) in [6.07, 6.45) is 5.28. The Bertz CT molecular complexity index is 924. The number of hydrogen-bond donors (Lipinski definition) is 0. The molecule has 0 N–H and O–H groups in total. The number of rotatable bonds is 6. The van der Waals surface area contributed by atoms with Gasteiger partial charge in [-0.1, -0.05) is 58.2 Å². The van der Waals surface area contributed by atoms with Crippen molar-refractivity contribution in [2.24, 2.45) is 5.16 Å². The number of oxime groups is 1. The van der Waals surface area contributed by atoms with Gasteiger partial charge < -0.3 is 9.40 Å². The molecule has 0 saturated carbocycles. The maximum atomic E-state index is 6.41. The fourth-order valence-corrected chi connectivity index (χ4v) is 3.20. The van der Waals surface area contributed by atoms with E-state index in [9.17, 15) is 0 Å². The van der Waals surface area contributed by atoms with Crippen LogP contribution in [-0.4, -0.2) is 15.3 Å². The van der Waals surface area contributed by atoms with E-state index in [2.05, 4.69) is 10.1 Å². The summed E-state index contributed by atoms with van der Waals surface area (Å²) in [4.78, 5) is 9.62. The highest BCUT2D eigenvalue weighted by Gasteiger charge is 2.11. The maximum absolute atomic E-state index is 6.41. The molecule has 3 rings (SSSR count).